The molecule has 0 radical (unpaired) electrons. The molecule has 0 unspecified atom stereocenters. The maximum Gasteiger partial charge on any atom is 0.258 e. The molecule has 1 amide bonds. The van der Waals surface area contributed by atoms with Gasteiger partial charge in [0.25, 0.3) is 5.91 Å². The van der Waals surface area contributed by atoms with E-state index in [-0.39, 0.29) is 11.0 Å². The zero-order chi connectivity index (χ0) is 18.0. The molecule has 0 saturated carbocycles. The van der Waals surface area contributed by atoms with Gasteiger partial charge in [0.2, 0.25) is 0 Å². The van der Waals surface area contributed by atoms with Gasteiger partial charge in [0.05, 0.1) is 0 Å². The van der Waals surface area contributed by atoms with E-state index in [9.17, 15) is 4.79 Å². The van der Waals surface area contributed by atoms with Crippen LogP contribution in [0, 0.1) is 6.92 Å². The van der Waals surface area contributed by atoms with E-state index in [1.54, 1.807) is 12.1 Å². The van der Waals surface area contributed by atoms with Gasteiger partial charge in [0.15, 0.2) is 5.11 Å². The second kappa shape index (κ2) is 7.52. The quantitative estimate of drug-likeness (QED) is 0.510. The van der Waals surface area contributed by atoms with Crippen molar-refractivity contribution < 1.29 is 4.79 Å². The normalized spacial score (nSPS) is 10.5. The van der Waals surface area contributed by atoms with Crippen molar-refractivity contribution >= 4 is 67.2 Å². The number of carbonyl (C=O) groups excluding carboxylic acids is 1. The third kappa shape index (κ3) is 3.84. The standard InChI is InChI=1S/C19H14BrClN2OS/c1-11-16(21)9-4-10-17(11)22-19(25)23-18(24)14-7-2-6-13-12(14)5-3-8-15(13)20/h2-10H,1H3,(H2,22,23,24,25). The number of thiocarbonyl (C=S) groups is 1. The Balaban J connectivity index is 1.82. The summed E-state index contributed by atoms with van der Waals surface area (Å²) in [6, 6.07) is 16.8. The number of hydrogen-bond acceptors (Lipinski definition) is 2. The lowest BCUT2D eigenvalue weighted by molar-refractivity contribution is 0.0979. The molecule has 0 atom stereocenters. The molecule has 0 saturated heterocycles. The number of carbonyl (C=O) groups is 1. The molecule has 126 valence electrons. The average Bonchev–Trinajstić information content (AvgIpc) is 2.59. The van der Waals surface area contributed by atoms with Gasteiger partial charge in [0.1, 0.15) is 0 Å². The number of nitrogens with one attached hydrogen (secondary N) is 2. The molecule has 6 heteroatoms. The molecule has 0 fully saturated rings. The molecule has 3 nitrogen and oxygen atoms in total. The largest absolute Gasteiger partial charge is 0.332 e. The molecule has 25 heavy (non-hydrogen) atoms. The van der Waals surface area contributed by atoms with Crippen LogP contribution in [-0.4, -0.2) is 11.0 Å². The van der Waals surface area contributed by atoms with Crippen LogP contribution in [0.25, 0.3) is 10.8 Å². The van der Waals surface area contributed by atoms with Crippen LogP contribution in [0.2, 0.25) is 5.02 Å². The Kier molecular flexibility index (Phi) is 5.37. The minimum atomic E-state index is -0.263. The van der Waals surface area contributed by atoms with Gasteiger partial charge in [-0.1, -0.05) is 57.9 Å². The van der Waals surface area contributed by atoms with Crippen molar-refractivity contribution in [1.82, 2.24) is 5.32 Å². The Morgan fingerprint density at radius 3 is 2.52 bits per heavy atom. The number of halogens is 2. The summed E-state index contributed by atoms with van der Waals surface area (Å²) >= 11 is 14.9. The third-order valence-corrected chi connectivity index (χ3v) is 5.16. The highest BCUT2D eigenvalue weighted by Crippen LogP contribution is 2.26. The Labute approximate surface area is 164 Å². The van der Waals surface area contributed by atoms with Gasteiger partial charge in [-0.25, -0.2) is 0 Å². The smallest absolute Gasteiger partial charge is 0.258 e. The first kappa shape index (κ1) is 17.9. The van der Waals surface area contributed by atoms with Gasteiger partial charge in [-0.2, -0.15) is 0 Å². The van der Waals surface area contributed by atoms with Crippen molar-refractivity contribution in [2.45, 2.75) is 6.92 Å². The van der Waals surface area contributed by atoms with Crippen LogP contribution in [0.3, 0.4) is 0 Å². The fourth-order valence-corrected chi connectivity index (χ4v) is 3.41. The number of fused-ring (bicyclic) bond motifs is 1. The van der Waals surface area contributed by atoms with Crippen molar-refractivity contribution in [2.75, 3.05) is 5.32 Å². The fourth-order valence-electron chi connectivity index (χ4n) is 2.54. The second-order valence-corrected chi connectivity index (χ2v) is 7.13. The lowest BCUT2D eigenvalue weighted by atomic mass is 10.0. The molecule has 3 aromatic carbocycles. The molecule has 0 aromatic heterocycles. The van der Waals surface area contributed by atoms with Crippen LogP contribution in [0.5, 0.6) is 0 Å². The predicted octanol–water partition coefficient (Wildman–Crippen LogP) is 5.69. The maximum atomic E-state index is 12.6. The summed E-state index contributed by atoms with van der Waals surface area (Å²) in [6.07, 6.45) is 0. The van der Waals surface area contributed by atoms with Gasteiger partial charge in [-0.15, -0.1) is 0 Å². The minimum Gasteiger partial charge on any atom is -0.332 e. The van der Waals surface area contributed by atoms with Crippen LogP contribution in [0.1, 0.15) is 15.9 Å². The third-order valence-electron chi connectivity index (χ3n) is 3.86. The first-order valence-corrected chi connectivity index (χ1v) is 9.10. The summed E-state index contributed by atoms with van der Waals surface area (Å²) < 4.78 is 0.940. The van der Waals surface area contributed by atoms with Crippen LogP contribution in [0.4, 0.5) is 5.69 Å². The minimum absolute atomic E-state index is 0.224. The molecule has 0 aliphatic heterocycles. The highest BCUT2D eigenvalue weighted by molar-refractivity contribution is 9.10. The molecule has 0 bridgehead atoms. The number of amides is 1. The SMILES string of the molecule is Cc1c(Cl)cccc1NC(=S)NC(=O)c1cccc2c(Br)cccc12. The van der Waals surface area contributed by atoms with E-state index in [1.807, 2.05) is 49.4 Å². The fraction of sp³-hybridized carbons (Fsp3) is 0.0526. The van der Waals surface area contributed by atoms with Gasteiger partial charge in [-0.05, 0) is 59.7 Å². The monoisotopic (exact) mass is 432 g/mol. The first-order valence-electron chi connectivity index (χ1n) is 7.52. The molecule has 3 rings (SSSR count). The zero-order valence-electron chi connectivity index (χ0n) is 13.3. The number of benzene rings is 3. The molecule has 2 N–H and O–H groups in total. The Hall–Kier alpha value is -1.95. The second-order valence-electron chi connectivity index (χ2n) is 5.46. The van der Waals surface area contributed by atoms with E-state index in [2.05, 4.69) is 26.6 Å². The van der Waals surface area contributed by atoms with E-state index in [0.717, 1.165) is 26.5 Å². The number of rotatable bonds is 2. The molecule has 0 spiro atoms. The molecule has 3 aromatic rings. The van der Waals surface area contributed by atoms with Crippen LogP contribution in [0.15, 0.2) is 59.1 Å². The zero-order valence-corrected chi connectivity index (χ0v) is 16.4. The molecule has 0 aliphatic carbocycles. The number of anilines is 1. The van der Waals surface area contributed by atoms with Gasteiger partial charge < -0.3 is 5.32 Å². The van der Waals surface area contributed by atoms with E-state index < -0.39 is 0 Å². The summed E-state index contributed by atoms with van der Waals surface area (Å²) in [6.45, 7) is 1.89. The average molecular weight is 434 g/mol. The van der Waals surface area contributed by atoms with Gasteiger partial charge in [-0.3, -0.25) is 10.1 Å². The van der Waals surface area contributed by atoms with Crippen LogP contribution < -0.4 is 10.6 Å². The van der Waals surface area contributed by atoms with Crippen LogP contribution >= 0.6 is 39.7 Å². The van der Waals surface area contributed by atoms with E-state index in [4.69, 9.17) is 23.8 Å². The lowest BCUT2D eigenvalue weighted by Gasteiger charge is -2.13. The van der Waals surface area contributed by atoms with E-state index >= 15 is 0 Å². The summed E-state index contributed by atoms with van der Waals surface area (Å²) in [4.78, 5) is 12.6. The van der Waals surface area contributed by atoms with Crippen molar-refractivity contribution in [3.63, 3.8) is 0 Å². The van der Waals surface area contributed by atoms with Crippen molar-refractivity contribution in [3.8, 4) is 0 Å². The predicted molar refractivity (Wildman–Crippen MR) is 112 cm³/mol. The summed E-state index contributed by atoms with van der Waals surface area (Å²) in [7, 11) is 0. The first-order chi connectivity index (χ1) is 12.0. The molecular formula is C19H14BrClN2OS. The topological polar surface area (TPSA) is 41.1 Å². The van der Waals surface area contributed by atoms with Gasteiger partial charge in [0, 0.05) is 20.7 Å². The van der Waals surface area contributed by atoms with Gasteiger partial charge >= 0.3 is 0 Å². The summed E-state index contributed by atoms with van der Waals surface area (Å²) in [5.74, 6) is -0.263. The van der Waals surface area contributed by atoms with Crippen LogP contribution in [-0.2, 0) is 0 Å². The highest BCUT2D eigenvalue weighted by Gasteiger charge is 2.13. The summed E-state index contributed by atoms with van der Waals surface area (Å²) in [5.41, 5.74) is 2.19. The molecular weight excluding hydrogens is 420 g/mol. The molecule has 0 aliphatic rings. The Morgan fingerprint density at radius 2 is 1.72 bits per heavy atom. The summed E-state index contributed by atoms with van der Waals surface area (Å²) in [5, 5.41) is 8.43. The Morgan fingerprint density at radius 1 is 1.04 bits per heavy atom. The number of hydrogen-bond donors (Lipinski definition) is 2. The maximum absolute atomic E-state index is 12.6. The molecule has 0 heterocycles. The van der Waals surface area contributed by atoms with Crippen molar-refractivity contribution in [1.29, 1.82) is 0 Å². The van der Waals surface area contributed by atoms with Crippen molar-refractivity contribution in [2.24, 2.45) is 0 Å². The highest BCUT2D eigenvalue weighted by atomic mass is 79.9. The van der Waals surface area contributed by atoms with E-state index in [1.165, 1.54) is 0 Å². The van der Waals surface area contributed by atoms with Crippen molar-refractivity contribution in [3.05, 3.63) is 75.2 Å². The Bertz CT molecular complexity index is 990. The van der Waals surface area contributed by atoms with E-state index in [0.29, 0.717) is 10.6 Å². The lowest BCUT2D eigenvalue weighted by Crippen LogP contribution is -2.34.